The number of para-hydroxylation sites is 1. The van der Waals surface area contributed by atoms with Crippen LogP contribution in [0.25, 0.3) is 0 Å². The van der Waals surface area contributed by atoms with Gasteiger partial charge in [0, 0.05) is 12.1 Å². The molecule has 1 atom stereocenters. The molecule has 1 N–H and O–H groups in total. The van der Waals surface area contributed by atoms with E-state index in [4.69, 9.17) is 21.1 Å². The average molecular weight is 284 g/mol. The Bertz CT molecular complexity index is 434. The first kappa shape index (κ1) is 14.6. The molecule has 1 heterocycles. The number of halogens is 1. The molecule has 1 aromatic carbocycles. The lowest BCUT2D eigenvalue weighted by Crippen LogP contribution is -2.24. The average Bonchev–Trinajstić information content (AvgIpc) is 2.69. The molecule has 1 unspecified atom stereocenters. The van der Waals surface area contributed by atoms with Crippen molar-refractivity contribution in [2.75, 3.05) is 13.7 Å². The fourth-order valence-electron chi connectivity index (χ4n) is 2.42. The minimum Gasteiger partial charge on any atom is -0.489 e. The van der Waals surface area contributed by atoms with Crippen LogP contribution in [-0.2, 0) is 11.3 Å². The minimum atomic E-state index is -0.0255. The van der Waals surface area contributed by atoms with E-state index in [0.717, 1.165) is 30.7 Å². The van der Waals surface area contributed by atoms with E-state index >= 15 is 0 Å². The number of hydrogen-bond acceptors (Lipinski definition) is 3. The Kier molecular flexibility index (Phi) is 4.71. The van der Waals surface area contributed by atoms with Crippen LogP contribution in [0.3, 0.4) is 0 Å². The maximum Gasteiger partial charge on any atom is 0.142 e. The normalized spacial score (nSPS) is 21.6. The van der Waals surface area contributed by atoms with Crippen molar-refractivity contribution in [3.63, 3.8) is 0 Å². The summed E-state index contributed by atoms with van der Waals surface area (Å²) in [7, 11) is 1.91. The molecule has 0 aliphatic carbocycles. The van der Waals surface area contributed by atoms with Gasteiger partial charge >= 0.3 is 0 Å². The van der Waals surface area contributed by atoms with Crippen molar-refractivity contribution in [2.24, 2.45) is 0 Å². The smallest absolute Gasteiger partial charge is 0.142 e. The molecule has 1 saturated heterocycles. The van der Waals surface area contributed by atoms with Crippen molar-refractivity contribution >= 4 is 11.6 Å². The maximum absolute atomic E-state index is 6.21. The van der Waals surface area contributed by atoms with Crippen LogP contribution in [0.4, 0.5) is 0 Å². The summed E-state index contributed by atoms with van der Waals surface area (Å²) in [5.41, 5.74) is 1.05. The topological polar surface area (TPSA) is 30.5 Å². The Morgan fingerprint density at radius 2 is 2.26 bits per heavy atom. The van der Waals surface area contributed by atoms with Gasteiger partial charge in [0.2, 0.25) is 0 Å². The van der Waals surface area contributed by atoms with E-state index in [-0.39, 0.29) is 11.7 Å². The van der Waals surface area contributed by atoms with Gasteiger partial charge in [-0.05, 0) is 39.8 Å². The lowest BCUT2D eigenvalue weighted by Gasteiger charge is -2.20. The van der Waals surface area contributed by atoms with Gasteiger partial charge in [0.05, 0.1) is 16.7 Å². The molecule has 0 saturated carbocycles. The highest BCUT2D eigenvalue weighted by atomic mass is 35.5. The van der Waals surface area contributed by atoms with Gasteiger partial charge in [-0.3, -0.25) is 0 Å². The summed E-state index contributed by atoms with van der Waals surface area (Å²) in [6.07, 6.45) is 2.28. The largest absolute Gasteiger partial charge is 0.489 e. The fraction of sp³-hybridized carbons (Fsp3) is 0.600. The summed E-state index contributed by atoms with van der Waals surface area (Å²) in [6, 6.07) is 5.82. The van der Waals surface area contributed by atoms with Gasteiger partial charge in [0.1, 0.15) is 12.4 Å². The lowest BCUT2D eigenvalue weighted by molar-refractivity contribution is -0.0327. The van der Waals surface area contributed by atoms with E-state index < -0.39 is 0 Å². The Morgan fingerprint density at radius 1 is 1.47 bits per heavy atom. The molecule has 1 aromatic rings. The van der Waals surface area contributed by atoms with Crippen LogP contribution < -0.4 is 10.1 Å². The highest BCUT2D eigenvalue weighted by molar-refractivity contribution is 6.32. The second kappa shape index (κ2) is 6.12. The lowest BCUT2D eigenvalue weighted by atomic mass is 10.1. The first-order chi connectivity index (χ1) is 9.02. The second-order valence-corrected chi connectivity index (χ2v) is 6.01. The number of ether oxygens (including phenoxy) is 2. The molecule has 1 aliphatic heterocycles. The zero-order valence-electron chi connectivity index (χ0n) is 11.8. The van der Waals surface area contributed by atoms with E-state index in [9.17, 15) is 0 Å². The van der Waals surface area contributed by atoms with Crippen LogP contribution >= 0.6 is 11.6 Å². The molecule has 106 valence electrons. The van der Waals surface area contributed by atoms with Gasteiger partial charge in [0.15, 0.2) is 0 Å². The van der Waals surface area contributed by atoms with Crippen molar-refractivity contribution in [3.8, 4) is 5.75 Å². The number of hydrogen-bond donors (Lipinski definition) is 1. The summed E-state index contributed by atoms with van der Waals surface area (Å²) in [6.45, 7) is 5.54. The van der Waals surface area contributed by atoms with E-state index in [1.165, 1.54) is 0 Å². The SMILES string of the molecule is CNCc1cccc(Cl)c1OCC1CCC(C)(C)O1. The molecule has 19 heavy (non-hydrogen) atoms. The molecular weight excluding hydrogens is 262 g/mol. The Hall–Kier alpha value is -0.770. The van der Waals surface area contributed by atoms with Gasteiger partial charge in [-0.1, -0.05) is 23.7 Å². The van der Waals surface area contributed by atoms with Crippen molar-refractivity contribution in [3.05, 3.63) is 28.8 Å². The number of rotatable bonds is 5. The van der Waals surface area contributed by atoms with Crippen LogP contribution in [0.5, 0.6) is 5.75 Å². The van der Waals surface area contributed by atoms with Crippen molar-refractivity contribution in [1.29, 1.82) is 0 Å². The van der Waals surface area contributed by atoms with Gasteiger partial charge in [-0.2, -0.15) is 0 Å². The van der Waals surface area contributed by atoms with Gasteiger partial charge < -0.3 is 14.8 Å². The molecule has 0 aromatic heterocycles. The maximum atomic E-state index is 6.21. The number of benzene rings is 1. The van der Waals surface area contributed by atoms with E-state index in [0.29, 0.717) is 11.6 Å². The third-order valence-electron chi connectivity index (χ3n) is 3.38. The molecule has 2 rings (SSSR count). The summed E-state index contributed by atoms with van der Waals surface area (Å²) >= 11 is 6.21. The summed E-state index contributed by atoms with van der Waals surface area (Å²) in [5.74, 6) is 0.770. The van der Waals surface area contributed by atoms with Gasteiger partial charge in [0.25, 0.3) is 0 Å². The molecule has 0 amide bonds. The minimum absolute atomic E-state index is 0.0255. The monoisotopic (exact) mass is 283 g/mol. The van der Waals surface area contributed by atoms with E-state index in [2.05, 4.69) is 19.2 Å². The Balaban J connectivity index is 1.99. The highest BCUT2D eigenvalue weighted by Crippen LogP contribution is 2.32. The Labute approximate surface area is 120 Å². The zero-order chi connectivity index (χ0) is 13.9. The molecule has 0 spiro atoms. The molecule has 0 bridgehead atoms. The van der Waals surface area contributed by atoms with Crippen molar-refractivity contribution < 1.29 is 9.47 Å². The molecule has 0 radical (unpaired) electrons. The molecule has 1 aliphatic rings. The molecule has 3 nitrogen and oxygen atoms in total. The van der Waals surface area contributed by atoms with Gasteiger partial charge in [-0.15, -0.1) is 0 Å². The van der Waals surface area contributed by atoms with Crippen LogP contribution in [0, 0.1) is 0 Å². The standard InChI is InChI=1S/C15H22ClNO2/c1-15(2)8-7-12(19-15)10-18-14-11(9-17-3)5-4-6-13(14)16/h4-6,12,17H,7-10H2,1-3H3. The van der Waals surface area contributed by atoms with Crippen LogP contribution in [0.15, 0.2) is 18.2 Å². The Morgan fingerprint density at radius 3 is 2.89 bits per heavy atom. The zero-order valence-corrected chi connectivity index (χ0v) is 12.6. The van der Waals surface area contributed by atoms with Crippen LogP contribution in [0.2, 0.25) is 5.02 Å². The molecule has 1 fully saturated rings. The van der Waals surface area contributed by atoms with Crippen LogP contribution in [0.1, 0.15) is 32.3 Å². The second-order valence-electron chi connectivity index (χ2n) is 5.61. The first-order valence-electron chi connectivity index (χ1n) is 6.74. The fourth-order valence-corrected chi connectivity index (χ4v) is 2.66. The predicted molar refractivity (Wildman–Crippen MR) is 77.9 cm³/mol. The third-order valence-corrected chi connectivity index (χ3v) is 3.68. The summed E-state index contributed by atoms with van der Waals surface area (Å²) < 4.78 is 11.8. The van der Waals surface area contributed by atoms with E-state index in [1.54, 1.807) is 0 Å². The number of nitrogens with one attached hydrogen (secondary N) is 1. The molecule has 4 heteroatoms. The predicted octanol–water partition coefficient (Wildman–Crippen LogP) is 3.40. The quantitative estimate of drug-likeness (QED) is 0.898. The van der Waals surface area contributed by atoms with Crippen molar-refractivity contribution in [2.45, 2.75) is 44.9 Å². The van der Waals surface area contributed by atoms with Crippen LogP contribution in [-0.4, -0.2) is 25.4 Å². The third kappa shape index (κ3) is 3.85. The highest BCUT2D eigenvalue weighted by Gasteiger charge is 2.32. The van der Waals surface area contributed by atoms with Gasteiger partial charge in [-0.25, -0.2) is 0 Å². The first-order valence-corrected chi connectivity index (χ1v) is 7.12. The van der Waals surface area contributed by atoms with E-state index in [1.807, 2.05) is 25.2 Å². The summed E-state index contributed by atoms with van der Waals surface area (Å²) in [5, 5.41) is 3.78. The van der Waals surface area contributed by atoms with Crippen molar-refractivity contribution in [1.82, 2.24) is 5.32 Å². The molecular formula is C15H22ClNO2. The summed E-state index contributed by atoms with van der Waals surface area (Å²) in [4.78, 5) is 0.